The van der Waals surface area contributed by atoms with Crippen molar-refractivity contribution >= 4 is 5.69 Å². The van der Waals surface area contributed by atoms with E-state index in [9.17, 15) is 13.2 Å². The fourth-order valence-corrected chi connectivity index (χ4v) is 3.16. The van der Waals surface area contributed by atoms with Crippen molar-refractivity contribution in [3.8, 4) is 0 Å². The molecule has 118 valence electrons. The number of hydrogen-bond acceptors (Lipinski definition) is 2. The quantitative estimate of drug-likeness (QED) is 0.833. The monoisotopic (exact) mass is 300 g/mol. The van der Waals surface area contributed by atoms with Crippen LogP contribution >= 0.6 is 0 Å². The smallest absolute Gasteiger partial charge is 0.398 e. The Kier molecular flexibility index (Phi) is 5.14. The predicted octanol–water partition coefficient (Wildman–Crippen LogP) is 4.44. The molecule has 2 nitrogen and oxygen atoms in total. The van der Waals surface area contributed by atoms with E-state index >= 15 is 0 Å². The molecule has 0 unspecified atom stereocenters. The number of nitrogen functional groups attached to an aromatic ring is 1. The Balaban J connectivity index is 2.17. The predicted molar refractivity (Wildman–Crippen MR) is 78.8 cm³/mol. The van der Waals surface area contributed by atoms with E-state index in [2.05, 4.69) is 11.8 Å². The van der Waals surface area contributed by atoms with E-state index in [1.165, 1.54) is 25.3 Å². The van der Waals surface area contributed by atoms with E-state index in [4.69, 9.17) is 5.73 Å². The van der Waals surface area contributed by atoms with Crippen molar-refractivity contribution in [3.05, 3.63) is 29.3 Å². The van der Waals surface area contributed by atoms with Gasteiger partial charge in [-0.3, -0.25) is 4.90 Å². The van der Waals surface area contributed by atoms with Crippen molar-refractivity contribution in [2.45, 2.75) is 57.8 Å². The second-order valence-electron chi connectivity index (χ2n) is 5.73. The third kappa shape index (κ3) is 3.90. The molecule has 0 saturated heterocycles. The van der Waals surface area contributed by atoms with Crippen LogP contribution in [-0.4, -0.2) is 17.5 Å². The molecule has 0 amide bonds. The Labute approximate surface area is 124 Å². The molecule has 0 heterocycles. The van der Waals surface area contributed by atoms with Gasteiger partial charge in [-0.1, -0.05) is 38.3 Å². The summed E-state index contributed by atoms with van der Waals surface area (Å²) >= 11 is 0. The van der Waals surface area contributed by atoms with E-state index in [1.807, 2.05) is 0 Å². The Morgan fingerprint density at radius 3 is 2.43 bits per heavy atom. The van der Waals surface area contributed by atoms with Gasteiger partial charge in [-0.2, -0.15) is 13.2 Å². The number of alkyl halides is 3. The van der Waals surface area contributed by atoms with Crippen LogP contribution < -0.4 is 5.73 Å². The van der Waals surface area contributed by atoms with Crippen LogP contribution in [0.4, 0.5) is 18.9 Å². The third-order valence-corrected chi connectivity index (χ3v) is 4.37. The van der Waals surface area contributed by atoms with Gasteiger partial charge in [0.25, 0.3) is 0 Å². The highest BCUT2D eigenvalue weighted by molar-refractivity contribution is 5.55. The maximum Gasteiger partial charge on any atom is 0.418 e. The lowest BCUT2D eigenvalue weighted by Crippen LogP contribution is -2.36. The summed E-state index contributed by atoms with van der Waals surface area (Å²) in [6.07, 6.45) is 1.56. The lowest BCUT2D eigenvalue weighted by molar-refractivity contribution is -0.137. The summed E-state index contributed by atoms with van der Waals surface area (Å²) < 4.78 is 38.7. The largest absolute Gasteiger partial charge is 0.418 e. The molecule has 5 heteroatoms. The minimum atomic E-state index is -4.39. The Morgan fingerprint density at radius 1 is 1.19 bits per heavy atom. The molecule has 2 N–H and O–H groups in total. The standard InChI is InChI=1S/C16H23F3N2/c1-2-21(13-8-4-3-5-9-13)11-12-7-6-10-14(15(12)20)16(17,18)19/h6-7,10,13H,2-5,8-9,11,20H2,1H3. The molecular formula is C16H23F3N2. The van der Waals surface area contributed by atoms with Crippen LogP contribution in [0.15, 0.2) is 18.2 Å². The van der Waals surface area contributed by atoms with Gasteiger partial charge in [0.05, 0.1) is 5.56 Å². The first-order chi connectivity index (χ1) is 9.93. The molecule has 1 aliphatic rings. The molecule has 0 aliphatic heterocycles. The zero-order chi connectivity index (χ0) is 15.5. The maximum atomic E-state index is 12.9. The van der Waals surface area contributed by atoms with Crippen molar-refractivity contribution in [1.82, 2.24) is 4.90 Å². The fourth-order valence-electron chi connectivity index (χ4n) is 3.16. The van der Waals surface area contributed by atoms with Crippen molar-refractivity contribution < 1.29 is 13.2 Å². The zero-order valence-corrected chi connectivity index (χ0v) is 12.4. The number of nitrogens with two attached hydrogens (primary N) is 1. The van der Waals surface area contributed by atoms with E-state index in [-0.39, 0.29) is 5.69 Å². The summed E-state index contributed by atoms with van der Waals surface area (Å²) in [4.78, 5) is 2.25. The number of hydrogen-bond donors (Lipinski definition) is 1. The van der Waals surface area contributed by atoms with Crippen molar-refractivity contribution in [2.75, 3.05) is 12.3 Å². The summed E-state index contributed by atoms with van der Waals surface area (Å²) in [6, 6.07) is 4.67. The van der Waals surface area contributed by atoms with Gasteiger partial charge in [-0.25, -0.2) is 0 Å². The first-order valence-corrected chi connectivity index (χ1v) is 7.62. The molecule has 0 radical (unpaired) electrons. The molecule has 1 saturated carbocycles. The van der Waals surface area contributed by atoms with Crippen LogP contribution in [0.1, 0.15) is 50.2 Å². The first kappa shape index (κ1) is 16.1. The first-order valence-electron chi connectivity index (χ1n) is 7.62. The molecular weight excluding hydrogens is 277 g/mol. The number of para-hydroxylation sites is 1. The minimum Gasteiger partial charge on any atom is -0.398 e. The van der Waals surface area contributed by atoms with Crippen LogP contribution in [0.5, 0.6) is 0 Å². The fraction of sp³-hybridized carbons (Fsp3) is 0.625. The Morgan fingerprint density at radius 2 is 1.86 bits per heavy atom. The zero-order valence-electron chi connectivity index (χ0n) is 12.4. The van der Waals surface area contributed by atoms with Crippen LogP contribution in [0.3, 0.4) is 0 Å². The average Bonchev–Trinajstić information content (AvgIpc) is 2.46. The molecule has 1 aliphatic carbocycles. The van der Waals surface area contributed by atoms with Crippen molar-refractivity contribution in [1.29, 1.82) is 0 Å². The Bertz CT molecular complexity index is 465. The Hall–Kier alpha value is -1.23. The van der Waals surface area contributed by atoms with E-state index < -0.39 is 11.7 Å². The van der Waals surface area contributed by atoms with Gasteiger partial charge in [0, 0.05) is 18.3 Å². The van der Waals surface area contributed by atoms with E-state index in [1.54, 1.807) is 6.07 Å². The number of benzene rings is 1. The van der Waals surface area contributed by atoms with Gasteiger partial charge in [-0.05, 0) is 31.0 Å². The molecule has 0 bridgehead atoms. The van der Waals surface area contributed by atoms with Crippen LogP contribution in [0.25, 0.3) is 0 Å². The molecule has 21 heavy (non-hydrogen) atoms. The molecule has 0 spiro atoms. The lowest BCUT2D eigenvalue weighted by atomic mass is 9.93. The summed E-state index contributed by atoms with van der Waals surface area (Å²) in [5.74, 6) is 0. The molecule has 0 aromatic heterocycles. The van der Waals surface area contributed by atoms with Crippen molar-refractivity contribution in [2.24, 2.45) is 0 Å². The summed E-state index contributed by atoms with van der Waals surface area (Å²) in [5.41, 5.74) is 5.49. The number of rotatable bonds is 4. The number of nitrogens with zero attached hydrogens (tertiary/aromatic N) is 1. The topological polar surface area (TPSA) is 29.3 Å². The second kappa shape index (κ2) is 6.69. The third-order valence-electron chi connectivity index (χ3n) is 4.37. The van der Waals surface area contributed by atoms with Gasteiger partial charge in [0.15, 0.2) is 0 Å². The molecule has 1 aromatic rings. The van der Waals surface area contributed by atoms with Gasteiger partial charge >= 0.3 is 6.18 Å². The summed E-state index contributed by atoms with van der Waals surface area (Å²) in [6.45, 7) is 3.38. The minimum absolute atomic E-state index is 0.126. The number of anilines is 1. The van der Waals surface area contributed by atoms with Crippen LogP contribution in [-0.2, 0) is 12.7 Å². The van der Waals surface area contributed by atoms with Gasteiger partial charge in [0.1, 0.15) is 0 Å². The summed E-state index contributed by atoms with van der Waals surface area (Å²) in [7, 11) is 0. The SMILES string of the molecule is CCN(Cc1cccc(C(F)(F)F)c1N)C1CCCCC1. The highest BCUT2D eigenvalue weighted by Crippen LogP contribution is 2.35. The van der Waals surface area contributed by atoms with E-state index in [0.717, 1.165) is 25.5 Å². The maximum absolute atomic E-state index is 12.9. The highest BCUT2D eigenvalue weighted by Gasteiger charge is 2.33. The molecule has 0 atom stereocenters. The van der Waals surface area contributed by atoms with Gasteiger partial charge < -0.3 is 5.73 Å². The van der Waals surface area contributed by atoms with Crippen molar-refractivity contribution in [3.63, 3.8) is 0 Å². The van der Waals surface area contributed by atoms with Gasteiger partial charge in [-0.15, -0.1) is 0 Å². The van der Waals surface area contributed by atoms with Crippen LogP contribution in [0, 0.1) is 0 Å². The molecule has 2 rings (SSSR count). The lowest BCUT2D eigenvalue weighted by Gasteiger charge is -2.34. The number of halogens is 3. The van der Waals surface area contributed by atoms with Gasteiger partial charge in [0.2, 0.25) is 0 Å². The molecule has 1 aromatic carbocycles. The van der Waals surface area contributed by atoms with Crippen LogP contribution in [0.2, 0.25) is 0 Å². The highest BCUT2D eigenvalue weighted by atomic mass is 19.4. The van der Waals surface area contributed by atoms with E-state index in [0.29, 0.717) is 18.2 Å². The molecule has 1 fully saturated rings. The second-order valence-corrected chi connectivity index (χ2v) is 5.73. The average molecular weight is 300 g/mol. The summed E-state index contributed by atoms with van der Waals surface area (Å²) in [5, 5.41) is 0. The normalized spacial score (nSPS) is 17.4.